The monoisotopic (exact) mass is 359 g/mol. The van der Waals surface area contributed by atoms with Gasteiger partial charge in [0.1, 0.15) is 5.82 Å². The minimum absolute atomic E-state index is 0.240. The van der Waals surface area contributed by atoms with Gasteiger partial charge in [-0.2, -0.15) is 0 Å². The number of nitrogens with one attached hydrogen (secondary N) is 1. The van der Waals surface area contributed by atoms with Crippen molar-refractivity contribution < 1.29 is 14.4 Å². The van der Waals surface area contributed by atoms with E-state index in [-0.39, 0.29) is 11.5 Å². The van der Waals surface area contributed by atoms with Gasteiger partial charge in [0.25, 0.3) is 17.7 Å². The summed E-state index contributed by atoms with van der Waals surface area (Å²) in [4.78, 5) is 41.0. The summed E-state index contributed by atoms with van der Waals surface area (Å²) in [7, 11) is 1.41. The van der Waals surface area contributed by atoms with Crippen molar-refractivity contribution in [2.75, 3.05) is 12.4 Å². The van der Waals surface area contributed by atoms with Gasteiger partial charge in [0.2, 0.25) is 0 Å². The lowest BCUT2D eigenvalue weighted by molar-refractivity contribution is 0.0693. The van der Waals surface area contributed by atoms with Gasteiger partial charge in [0.05, 0.1) is 11.1 Å². The van der Waals surface area contributed by atoms with E-state index in [1.54, 1.807) is 18.3 Å². The van der Waals surface area contributed by atoms with Crippen molar-refractivity contribution in [3.05, 3.63) is 57.7 Å². The lowest BCUT2D eigenvalue weighted by atomic mass is 10.1. The summed E-state index contributed by atoms with van der Waals surface area (Å²) in [5.41, 5.74) is 0.842. The van der Waals surface area contributed by atoms with Gasteiger partial charge >= 0.3 is 0 Å². The number of rotatable bonds is 2. The molecule has 3 amide bonds. The van der Waals surface area contributed by atoms with Crippen LogP contribution in [0.15, 0.2) is 41.0 Å². The highest BCUT2D eigenvalue weighted by atomic mass is 79.9. The number of halogens is 1. The standard InChI is InChI=1S/C15H10BrN3O3/c1-19-14(21)10-4-2-8(6-11(10)15(19)22)13(20)18-12-5-3-9(16)7-17-12/h2-7H,1H3,(H,17,18,20). The number of benzene rings is 1. The topological polar surface area (TPSA) is 79.4 Å². The molecule has 0 saturated heterocycles. The molecule has 1 aromatic carbocycles. The number of carbonyl (C=O) groups excluding carboxylic acids is 3. The lowest BCUT2D eigenvalue weighted by Gasteiger charge is -2.05. The average molecular weight is 360 g/mol. The molecule has 3 rings (SSSR count). The second kappa shape index (κ2) is 5.34. The summed E-state index contributed by atoms with van der Waals surface area (Å²) in [5, 5.41) is 2.63. The number of anilines is 1. The molecule has 0 fully saturated rings. The first-order chi connectivity index (χ1) is 10.5. The van der Waals surface area contributed by atoms with E-state index in [1.807, 2.05) is 0 Å². The largest absolute Gasteiger partial charge is 0.307 e. The Bertz CT molecular complexity index is 802. The Morgan fingerprint density at radius 3 is 2.55 bits per heavy atom. The van der Waals surface area contributed by atoms with Crippen molar-refractivity contribution in [2.45, 2.75) is 0 Å². The number of carbonyl (C=O) groups is 3. The zero-order valence-corrected chi connectivity index (χ0v) is 13.0. The molecule has 1 aliphatic rings. The third-order valence-electron chi connectivity index (χ3n) is 3.32. The van der Waals surface area contributed by atoms with E-state index in [0.29, 0.717) is 16.9 Å². The predicted octanol–water partition coefficient (Wildman–Crippen LogP) is 2.32. The van der Waals surface area contributed by atoms with Crippen molar-refractivity contribution in [3.63, 3.8) is 0 Å². The molecule has 0 unspecified atom stereocenters. The van der Waals surface area contributed by atoms with Crippen molar-refractivity contribution in [3.8, 4) is 0 Å². The molecule has 0 bridgehead atoms. The van der Waals surface area contributed by atoms with Crippen molar-refractivity contribution in [1.82, 2.24) is 9.88 Å². The summed E-state index contributed by atoms with van der Waals surface area (Å²) >= 11 is 3.26. The van der Waals surface area contributed by atoms with Crippen LogP contribution < -0.4 is 5.32 Å². The second-order valence-corrected chi connectivity index (χ2v) is 5.66. The molecular weight excluding hydrogens is 350 g/mol. The van der Waals surface area contributed by atoms with Crippen molar-refractivity contribution in [2.24, 2.45) is 0 Å². The van der Waals surface area contributed by atoms with Crippen LogP contribution in [-0.4, -0.2) is 34.7 Å². The molecular formula is C15H10BrN3O3. The smallest absolute Gasteiger partial charge is 0.261 e. The van der Waals surface area contributed by atoms with E-state index in [2.05, 4.69) is 26.2 Å². The van der Waals surface area contributed by atoms with Crippen LogP contribution in [0.25, 0.3) is 0 Å². The number of hydrogen-bond donors (Lipinski definition) is 1. The van der Waals surface area contributed by atoms with Crippen LogP contribution in [0.3, 0.4) is 0 Å². The third-order valence-corrected chi connectivity index (χ3v) is 3.79. The Kier molecular flexibility index (Phi) is 3.50. The van der Waals surface area contributed by atoms with E-state index in [4.69, 9.17) is 0 Å². The minimum atomic E-state index is -0.406. The summed E-state index contributed by atoms with van der Waals surface area (Å²) in [5.74, 6) is -0.765. The molecule has 110 valence electrons. The number of pyridine rings is 1. The quantitative estimate of drug-likeness (QED) is 0.834. The summed E-state index contributed by atoms with van der Waals surface area (Å²) in [6, 6.07) is 7.83. The Labute approximate surface area is 134 Å². The van der Waals surface area contributed by atoms with Crippen LogP contribution in [-0.2, 0) is 0 Å². The van der Waals surface area contributed by atoms with Crippen molar-refractivity contribution in [1.29, 1.82) is 0 Å². The Morgan fingerprint density at radius 1 is 1.14 bits per heavy atom. The van der Waals surface area contributed by atoms with Crippen LogP contribution in [0, 0.1) is 0 Å². The zero-order valence-electron chi connectivity index (χ0n) is 11.5. The maximum Gasteiger partial charge on any atom is 0.261 e. The first-order valence-electron chi connectivity index (χ1n) is 6.36. The van der Waals surface area contributed by atoms with E-state index < -0.39 is 11.8 Å². The Hall–Kier alpha value is -2.54. The molecule has 1 aromatic heterocycles. The Morgan fingerprint density at radius 2 is 1.86 bits per heavy atom. The van der Waals surface area contributed by atoms with Crippen LogP contribution in [0.1, 0.15) is 31.1 Å². The van der Waals surface area contributed by atoms with Gasteiger partial charge in [-0.1, -0.05) is 0 Å². The second-order valence-electron chi connectivity index (χ2n) is 4.75. The fourth-order valence-corrected chi connectivity index (χ4v) is 2.38. The molecule has 0 radical (unpaired) electrons. The van der Waals surface area contributed by atoms with Gasteiger partial charge < -0.3 is 5.32 Å². The van der Waals surface area contributed by atoms with Crippen LogP contribution in [0.5, 0.6) is 0 Å². The normalized spacial score (nSPS) is 13.3. The number of imide groups is 1. The first kappa shape index (κ1) is 14.4. The highest BCUT2D eigenvalue weighted by Crippen LogP contribution is 2.23. The molecule has 7 heteroatoms. The SMILES string of the molecule is CN1C(=O)c2ccc(C(=O)Nc3ccc(Br)cn3)cc2C1=O. The molecule has 1 N–H and O–H groups in total. The fourth-order valence-electron chi connectivity index (χ4n) is 2.14. The third kappa shape index (κ3) is 2.39. The van der Waals surface area contributed by atoms with Crippen molar-refractivity contribution >= 4 is 39.5 Å². The summed E-state index contributed by atoms with van der Waals surface area (Å²) in [6.07, 6.45) is 1.56. The Balaban J connectivity index is 1.87. The summed E-state index contributed by atoms with van der Waals surface area (Å²) in [6.45, 7) is 0. The average Bonchev–Trinajstić information content (AvgIpc) is 2.74. The van der Waals surface area contributed by atoms with E-state index in [9.17, 15) is 14.4 Å². The predicted molar refractivity (Wildman–Crippen MR) is 82.8 cm³/mol. The fraction of sp³-hybridized carbons (Fsp3) is 0.0667. The molecule has 22 heavy (non-hydrogen) atoms. The number of amides is 3. The molecule has 0 aliphatic carbocycles. The van der Waals surface area contributed by atoms with Gasteiger partial charge in [0, 0.05) is 23.3 Å². The van der Waals surface area contributed by atoms with E-state index >= 15 is 0 Å². The molecule has 0 spiro atoms. The maximum atomic E-state index is 12.2. The zero-order chi connectivity index (χ0) is 15.9. The van der Waals surface area contributed by atoms with Gasteiger partial charge in [-0.05, 0) is 46.3 Å². The van der Waals surface area contributed by atoms with Gasteiger partial charge in [0.15, 0.2) is 0 Å². The number of fused-ring (bicyclic) bond motifs is 1. The first-order valence-corrected chi connectivity index (χ1v) is 7.16. The van der Waals surface area contributed by atoms with Gasteiger partial charge in [-0.15, -0.1) is 0 Å². The molecule has 1 aliphatic heterocycles. The minimum Gasteiger partial charge on any atom is -0.307 e. The van der Waals surface area contributed by atoms with E-state index in [1.165, 1.54) is 25.2 Å². The molecule has 2 heterocycles. The van der Waals surface area contributed by atoms with Crippen LogP contribution >= 0.6 is 15.9 Å². The van der Waals surface area contributed by atoms with Crippen LogP contribution in [0.4, 0.5) is 5.82 Å². The van der Waals surface area contributed by atoms with Gasteiger partial charge in [-0.3, -0.25) is 19.3 Å². The highest BCUT2D eigenvalue weighted by molar-refractivity contribution is 9.10. The highest BCUT2D eigenvalue weighted by Gasteiger charge is 2.33. The molecule has 0 saturated carbocycles. The number of aromatic nitrogens is 1. The molecule has 2 aromatic rings. The van der Waals surface area contributed by atoms with Crippen LogP contribution in [0.2, 0.25) is 0 Å². The lowest BCUT2D eigenvalue weighted by Crippen LogP contribution is -2.24. The maximum absolute atomic E-state index is 12.2. The molecule has 0 atom stereocenters. The van der Waals surface area contributed by atoms with Gasteiger partial charge in [-0.25, -0.2) is 4.98 Å². The number of nitrogens with zero attached hydrogens (tertiary/aromatic N) is 2. The van der Waals surface area contributed by atoms with E-state index in [0.717, 1.165) is 9.37 Å². The number of hydrogen-bond acceptors (Lipinski definition) is 4. The molecule has 6 nitrogen and oxygen atoms in total. The summed E-state index contributed by atoms with van der Waals surface area (Å²) < 4.78 is 0.801.